The lowest BCUT2D eigenvalue weighted by Crippen LogP contribution is -2.58. The van der Waals surface area contributed by atoms with Gasteiger partial charge in [-0.1, -0.05) is 20.8 Å². The van der Waals surface area contributed by atoms with Crippen LogP contribution in [0, 0.1) is 23.2 Å². The Morgan fingerprint density at radius 1 is 1.35 bits per heavy atom. The summed E-state index contributed by atoms with van der Waals surface area (Å²) in [7, 11) is 0. The standard InChI is InChI=1S/C22H27BrFN5O2/c1-12-15-8-14(22(15,2)3)9-16(12)28-17-11-27-29(21(31)18(17)23)19(24)20(30)26-10-13-4-6-25-7-5-13/h4-7,11-12,14-16,19,28H,8-10H2,1-3H3,(H,26,30)/t12-,14-,15+,16-,19?/m1/s1. The van der Waals surface area contributed by atoms with Gasteiger partial charge in [0.15, 0.2) is 0 Å². The summed E-state index contributed by atoms with van der Waals surface area (Å²) >= 11 is 3.28. The minimum atomic E-state index is -2.22. The van der Waals surface area contributed by atoms with Crippen molar-refractivity contribution >= 4 is 27.5 Å². The van der Waals surface area contributed by atoms with Gasteiger partial charge in [-0.3, -0.25) is 14.6 Å². The Hall–Kier alpha value is -2.29. The molecule has 2 aromatic heterocycles. The maximum atomic E-state index is 14.7. The average molecular weight is 492 g/mol. The predicted octanol–water partition coefficient (Wildman–Crippen LogP) is 3.67. The number of nitrogens with one attached hydrogen (secondary N) is 2. The lowest BCUT2D eigenvalue weighted by Gasteiger charge is -2.62. The van der Waals surface area contributed by atoms with E-state index in [0.29, 0.717) is 33.5 Å². The summed E-state index contributed by atoms with van der Waals surface area (Å²) in [6, 6.07) is 3.66. The van der Waals surface area contributed by atoms with Gasteiger partial charge in [0.2, 0.25) is 0 Å². The molecule has 0 radical (unpaired) electrons. The Labute approximate surface area is 189 Å². The van der Waals surface area contributed by atoms with Crippen LogP contribution in [0.25, 0.3) is 0 Å². The van der Waals surface area contributed by atoms with Gasteiger partial charge in [0, 0.05) is 25.0 Å². The Balaban J connectivity index is 1.43. The quantitative estimate of drug-likeness (QED) is 0.643. The molecule has 1 unspecified atom stereocenters. The van der Waals surface area contributed by atoms with Crippen molar-refractivity contribution in [1.82, 2.24) is 20.1 Å². The zero-order valence-corrected chi connectivity index (χ0v) is 19.4. The van der Waals surface area contributed by atoms with Gasteiger partial charge in [-0.25, -0.2) is 4.39 Å². The van der Waals surface area contributed by atoms with Crippen molar-refractivity contribution in [2.45, 2.75) is 52.5 Å². The van der Waals surface area contributed by atoms with Crippen molar-refractivity contribution in [1.29, 1.82) is 0 Å². The van der Waals surface area contributed by atoms with E-state index in [0.717, 1.165) is 12.0 Å². The van der Waals surface area contributed by atoms with E-state index >= 15 is 0 Å². The number of nitrogens with zero attached hydrogens (tertiary/aromatic N) is 3. The second-order valence-corrected chi connectivity index (χ2v) is 10.0. The van der Waals surface area contributed by atoms with Gasteiger partial charge in [0.1, 0.15) is 4.47 Å². The number of anilines is 1. The van der Waals surface area contributed by atoms with E-state index in [2.05, 4.69) is 57.4 Å². The van der Waals surface area contributed by atoms with Crippen molar-refractivity contribution in [3.63, 3.8) is 0 Å². The number of halogens is 2. The van der Waals surface area contributed by atoms with Crippen LogP contribution in [0.15, 0.2) is 40.0 Å². The van der Waals surface area contributed by atoms with E-state index in [1.807, 2.05) is 0 Å². The first-order valence-corrected chi connectivity index (χ1v) is 11.3. The predicted molar refractivity (Wildman–Crippen MR) is 119 cm³/mol. The fourth-order valence-corrected chi connectivity index (χ4v) is 5.53. The Kier molecular flexibility index (Phi) is 5.89. The summed E-state index contributed by atoms with van der Waals surface area (Å²) in [6.45, 7) is 7.04. The average Bonchev–Trinajstić information content (AvgIpc) is 2.76. The highest BCUT2D eigenvalue weighted by molar-refractivity contribution is 9.10. The first-order chi connectivity index (χ1) is 14.7. The molecule has 0 aromatic carbocycles. The van der Waals surface area contributed by atoms with Crippen LogP contribution >= 0.6 is 15.9 Å². The molecule has 2 N–H and O–H groups in total. The van der Waals surface area contributed by atoms with Crippen LogP contribution in [0.5, 0.6) is 0 Å². The molecule has 3 saturated carbocycles. The largest absolute Gasteiger partial charge is 0.380 e. The number of amides is 1. The third-order valence-corrected chi connectivity index (χ3v) is 8.05. The van der Waals surface area contributed by atoms with Crippen molar-refractivity contribution < 1.29 is 9.18 Å². The number of hydrogen-bond acceptors (Lipinski definition) is 5. The molecule has 31 heavy (non-hydrogen) atoms. The van der Waals surface area contributed by atoms with Crippen molar-refractivity contribution in [2.75, 3.05) is 5.32 Å². The van der Waals surface area contributed by atoms with Crippen molar-refractivity contribution in [3.05, 3.63) is 51.1 Å². The summed E-state index contributed by atoms with van der Waals surface area (Å²) < 4.78 is 15.4. The molecule has 1 amide bonds. The number of pyridine rings is 1. The number of hydrogen-bond donors (Lipinski definition) is 2. The van der Waals surface area contributed by atoms with Crippen LogP contribution in [0.1, 0.15) is 45.5 Å². The lowest BCUT2D eigenvalue weighted by atomic mass is 9.45. The molecular formula is C22H27BrFN5O2. The van der Waals surface area contributed by atoms with Gasteiger partial charge in [0.25, 0.3) is 17.8 Å². The molecule has 2 heterocycles. The van der Waals surface area contributed by atoms with E-state index < -0.39 is 17.8 Å². The summed E-state index contributed by atoms with van der Waals surface area (Å²) in [5, 5.41) is 9.83. The Morgan fingerprint density at radius 3 is 2.71 bits per heavy atom. The third kappa shape index (κ3) is 4.00. The second kappa shape index (κ2) is 8.33. The second-order valence-electron chi connectivity index (χ2n) is 9.24. The zero-order chi connectivity index (χ0) is 22.3. The molecule has 0 aliphatic heterocycles. The minimum Gasteiger partial charge on any atom is -0.380 e. The molecule has 3 fully saturated rings. The minimum absolute atomic E-state index is 0.135. The molecule has 0 spiro atoms. The molecule has 7 nitrogen and oxygen atoms in total. The molecule has 5 rings (SSSR count). The third-order valence-electron chi connectivity index (χ3n) is 7.29. The number of carbonyl (C=O) groups excluding carboxylic acids is 1. The lowest BCUT2D eigenvalue weighted by molar-refractivity contribution is -0.129. The van der Waals surface area contributed by atoms with Crippen molar-refractivity contribution in [3.8, 4) is 0 Å². The van der Waals surface area contributed by atoms with Gasteiger partial charge in [0.05, 0.1) is 11.9 Å². The van der Waals surface area contributed by atoms with Crippen LogP contribution < -0.4 is 16.2 Å². The molecule has 2 bridgehead atoms. The van der Waals surface area contributed by atoms with Gasteiger partial charge >= 0.3 is 0 Å². The topological polar surface area (TPSA) is 88.9 Å². The fourth-order valence-electron chi connectivity index (χ4n) is 5.13. The van der Waals surface area contributed by atoms with Crippen LogP contribution in [0.4, 0.5) is 10.1 Å². The molecule has 5 atom stereocenters. The molecule has 0 saturated heterocycles. The normalized spacial score (nSPS) is 27.1. The SMILES string of the molecule is C[C@H]1[C@H](Nc2cnn(C(F)C(=O)NCc3ccncc3)c(=O)c2Br)C[C@H]2C[C@@H]1C2(C)C. The first kappa shape index (κ1) is 21.9. The highest BCUT2D eigenvalue weighted by Crippen LogP contribution is 2.61. The molecule has 9 heteroatoms. The smallest absolute Gasteiger partial charge is 0.286 e. The van der Waals surface area contributed by atoms with Crippen LogP contribution in [-0.2, 0) is 11.3 Å². The highest BCUT2D eigenvalue weighted by Gasteiger charge is 2.56. The molecule has 166 valence electrons. The number of carbonyl (C=O) groups is 1. The maximum Gasteiger partial charge on any atom is 0.286 e. The monoisotopic (exact) mass is 491 g/mol. The maximum absolute atomic E-state index is 14.7. The van der Waals surface area contributed by atoms with Crippen LogP contribution in [-0.4, -0.2) is 26.7 Å². The van der Waals surface area contributed by atoms with Crippen molar-refractivity contribution in [2.24, 2.45) is 23.2 Å². The summed E-state index contributed by atoms with van der Waals surface area (Å²) in [5.41, 5.74) is 0.980. The highest BCUT2D eigenvalue weighted by atomic mass is 79.9. The zero-order valence-electron chi connectivity index (χ0n) is 17.8. The van der Waals surface area contributed by atoms with Gasteiger partial charge in [-0.15, -0.1) is 0 Å². The number of fused-ring (bicyclic) bond motifs is 2. The Bertz CT molecular complexity index is 1030. The van der Waals surface area contributed by atoms with E-state index in [1.165, 1.54) is 12.6 Å². The molecule has 3 aliphatic rings. The van der Waals surface area contributed by atoms with Gasteiger partial charge in [-0.05, 0) is 69.6 Å². The van der Waals surface area contributed by atoms with E-state index in [1.54, 1.807) is 24.5 Å². The Morgan fingerprint density at radius 2 is 2.06 bits per heavy atom. The molecule has 2 aromatic rings. The number of aromatic nitrogens is 3. The first-order valence-electron chi connectivity index (χ1n) is 10.5. The number of alkyl halides is 1. The molecule has 3 aliphatic carbocycles. The van der Waals surface area contributed by atoms with Crippen LogP contribution in [0.3, 0.4) is 0 Å². The summed E-state index contributed by atoms with van der Waals surface area (Å²) in [5.74, 6) is 0.845. The van der Waals surface area contributed by atoms with E-state index in [4.69, 9.17) is 0 Å². The van der Waals surface area contributed by atoms with Gasteiger partial charge < -0.3 is 10.6 Å². The van der Waals surface area contributed by atoms with E-state index in [9.17, 15) is 14.0 Å². The van der Waals surface area contributed by atoms with E-state index in [-0.39, 0.29) is 17.1 Å². The van der Waals surface area contributed by atoms with Crippen LogP contribution in [0.2, 0.25) is 0 Å². The fraction of sp³-hybridized carbons (Fsp3) is 0.545. The summed E-state index contributed by atoms with van der Waals surface area (Å²) in [4.78, 5) is 28.8. The molecular weight excluding hydrogens is 465 g/mol. The summed E-state index contributed by atoms with van der Waals surface area (Å²) in [6.07, 6.45) is 4.64. The van der Waals surface area contributed by atoms with Gasteiger partial charge in [-0.2, -0.15) is 9.78 Å². The number of rotatable bonds is 6.